The molecule has 40 heavy (non-hydrogen) atoms. The molecule has 0 aliphatic heterocycles. The molecule has 3 aromatic rings. The van der Waals surface area contributed by atoms with Crippen LogP contribution >= 0.6 is 11.6 Å². The topological polar surface area (TPSA) is 86.8 Å². The van der Waals surface area contributed by atoms with Gasteiger partial charge in [-0.25, -0.2) is 8.42 Å². The summed E-state index contributed by atoms with van der Waals surface area (Å²) in [6.45, 7) is 9.65. The van der Waals surface area contributed by atoms with E-state index in [1.807, 2.05) is 40.7 Å². The van der Waals surface area contributed by atoms with Crippen molar-refractivity contribution in [1.29, 1.82) is 0 Å². The number of carbonyl (C=O) groups excluding carboxylic acids is 2. The number of amides is 2. The van der Waals surface area contributed by atoms with E-state index in [-0.39, 0.29) is 17.3 Å². The van der Waals surface area contributed by atoms with E-state index in [1.54, 1.807) is 60.7 Å². The van der Waals surface area contributed by atoms with Gasteiger partial charge in [-0.05, 0) is 86.7 Å². The summed E-state index contributed by atoms with van der Waals surface area (Å²) < 4.78 is 29.1. The van der Waals surface area contributed by atoms with Crippen LogP contribution in [-0.4, -0.2) is 44.3 Å². The Bertz CT molecular complexity index is 1420. The Kier molecular flexibility index (Phi) is 10.8. The summed E-state index contributed by atoms with van der Waals surface area (Å²) >= 11 is 6.07. The first-order valence-corrected chi connectivity index (χ1v) is 15.3. The second kappa shape index (κ2) is 13.8. The number of nitrogens with one attached hydrogen (secondary N) is 1. The minimum atomic E-state index is -4.11. The molecular formula is C31H38ClN3O4S. The fraction of sp³-hybridized carbons (Fsp3) is 0.355. The molecule has 0 bridgehead atoms. The van der Waals surface area contributed by atoms with E-state index < -0.39 is 28.5 Å². The van der Waals surface area contributed by atoms with Gasteiger partial charge >= 0.3 is 0 Å². The molecule has 0 heterocycles. The van der Waals surface area contributed by atoms with Gasteiger partial charge in [0.05, 0.1) is 10.6 Å². The van der Waals surface area contributed by atoms with E-state index in [9.17, 15) is 18.0 Å². The van der Waals surface area contributed by atoms with E-state index in [2.05, 4.69) is 5.32 Å². The highest BCUT2D eigenvalue weighted by Crippen LogP contribution is 2.27. The molecule has 0 aromatic heterocycles. The first kappa shape index (κ1) is 31.2. The number of hydrogen-bond donors (Lipinski definition) is 1. The number of hydrogen-bond acceptors (Lipinski definition) is 4. The van der Waals surface area contributed by atoms with Crippen LogP contribution in [0.5, 0.6) is 0 Å². The number of sulfonamides is 1. The van der Waals surface area contributed by atoms with Crippen molar-refractivity contribution in [3.63, 3.8) is 0 Å². The van der Waals surface area contributed by atoms with Crippen molar-refractivity contribution in [3.05, 3.63) is 94.0 Å². The highest BCUT2D eigenvalue weighted by molar-refractivity contribution is 7.92. The molecule has 0 radical (unpaired) electrons. The minimum Gasteiger partial charge on any atom is -0.354 e. The van der Waals surface area contributed by atoms with Crippen LogP contribution in [0.4, 0.5) is 5.69 Å². The monoisotopic (exact) mass is 583 g/mol. The molecule has 0 unspecified atom stereocenters. The Hall–Kier alpha value is -3.36. The lowest BCUT2D eigenvalue weighted by Crippen LogP contribution is -2.52. The van der Waals surface area contributed by atoms with Gasteiger partial charge < -0.3 is 10.2 Å². The van der Waals surface area contributed by atoms with Crippen molar-refractivity contribution in [1.82, 2.24) is 10.2 Å². The summed E-state index contributed by atoms with van der Waals surface area (Å²) in [5.41, 5.74) is 3.99. The lowest BCUT2D eigenvalue weighted by atomic mass is 10.1. The lowest BCUT2D eigenvalue weighted by Gasteiger charge is -2.33. The van der Waals surface area contributed by atoms with Crippen molar-refractivity contribution >= 4 is 39.1 Å². The summed E-state index contributed by atoms with van der Waals surface area (Å²) in [4.78, 5) is 28.8. The number of anilines is 1. The normalized spacial score (nSPS) is 12.1. The first-order valence-electron chi connectivity index (χ1n) is 13.5. The van der Waals surface area contributed by atoms with Gasteiger partial charge in [-0.2, -0.15) is 0 Å². The summed E-state index contributed by atoms with van der Waals surface area (Å²) in [5, 5.41) is 3.44. The molecule has 3 aromatic carbocycles. The summed E-state index contributed by atoms with van der Waals surface area (Å²) in [6.07, 6.45) is 1.12. The van der Waals surface area contributed by atoms with E-state index in [0.717, 1.165) is 33.0 Å². The molecular weight excluding hydrogens is 546 g/mol. The molecule has 1 N–H and O–H groups in total. The molecule has 0 aliphatic rings. The molecule has 1 atom stereocenters. The number of benzene rings is 3. The van der Waals surface area contributed by atoms with Gasteiger partial charge in [0.25, 0.3) is 10.0 Å². The summed E-state index contributed by atoms with van der Waals surface area (Å²) in [6, 6.07) is 18.1. The Morgan fingerprint density at radius 2 is 1.55 bits per heavy atom. The van der Waals surface area contributed by atoms with Gasteiger partial charge in [-0.1, -0.05) is 61.3 Å². The van der Waals surface area contributed by atoms with Gasteiger partial charge in [0.1, 0.15) is 12.6 Å². The molecule has 214 valence electrons. The van der Waals surface area contributed by atoms with Crippen molar-refractivity contribution < 1.29 is 18.0 Å². The maximum absolute atomic E-state index is 14.1. The predicted molar refractivity (Wildman–Crippen MR) is 161 cm³/mol. The predicted octanol–water partition coefficient (Wildman–Crippen LogP) is 5.79. The molecule has 7 nitrogen and oxygen atoms in total. The van der Waals surface area contributed by atoms with Gasteiger partial charge in [-0.3, -0.25) is 13.9 Å². The smallest absolute Gasteiger partial charge is 0.264 e. The Morgan fingerprint density at radius 3 is 2.12 bits per heavy atom. The molecule has 0 aliphatic carbocycles. The van der Waals surface area contributed by atoms with Crippen LogP contribution in [0.2, 0.25) is 5.02 Å². The first-order chi connectivity index (χ1) is 19.0. The van der Waals surface area contributed by atoms with Gasteiger partial charge in [0.2, 0.25) is 11.8 Å². The van der Waals surface area contributed by atoms with Crippen molar-refractivity contribution in [2.75, 3.05) is 17.4 Å². The average molecular weight is 584 g/mol. The zero-order chi connectivity index (χ0) is 29.4. The molecule has 2 amide bonds. The van der Waals surface area contributed by atoms with Crippen LogP contribution in [0.15, 0.2) is 71.6 Å². The summed E-state index contributed by atoms with van der Waals surface area (Å²) in [5.74, 6) is -0.756. The SMILES string of the molecule is CCCNC(=O)[C@@H](CC)N(Cc1ccc(Cl)cc1)C(=O)CN(c1ccc(C)c(C)c1)S(=O)(=O)c1ccc(C)cc1. The van der Waals surface area contributed by atoms with Crippen molar-refractivity contribution in [2.24, 2.45) is 0 Å². The minimum absolute atomic E-state index is 0.0844. The molecule has 0 spiro atoms. The Labute approximate surface area is 243 Å². The van der Waals surface area contributed by atoms with Crippen molar-refractivity contribution in [2.45, 2.75) is 64.9 Å². The van der Waals surface area contributed by atoms with Crippen LogP contribution < -0.4 is 9.62 Å². The highest BCUT2D eigenvalue weighted by atomic mass is 35.5. The van der Waals surface area contributed by atoms with Crippen LogP contribution in [0, 0.1) is 20.8 Å². The number of aryl methyl sites for hydroxylation is 3. The quantitative estimate of drug-likeness (QED) is 0.292. The second-order valence-electron chi connectivity index (χ2n) is 9.96. The van der Waals surface area contributed by atoms with Crippen LogP contribution in [0.3, 0.4) is 0 Å². The van der Waals surface area contributed by atoms with Gasteiger partial charge in [0.15, 0.2) is 0 Å². The van der Waals surface area contributed by atoms with E-state index >= 15 is 0 Å². The second-order valence-corrected chi connectivity index (χ2v) is 12.3. The van der Waals surface area contributed by atoms with E-state index in [0.29, 0.717) is 23.7 Å². The van der Waals surface area contributed by atoms with E-state index in [4.69, 9.17) is 11.6 Å². The zero-order valence-corrected chi connectivity index (χ0v) is 25.3. The average Bonchev–Trinajstić information content (AvgIpc) is 2.93. The van der Waals surface area contributed by atoms with Crippen LogP contribution in [0.1, 0.15) is 48.9 Å². The van der Waals surface area contributed by atoms with Crippen molar-refractivity contribution in [3.8, 4) is 0 Å². The third-order valence-corrected chi connectivity index (χ3v) is 8.91. The standard InChI is InChI=1S/C31H38ClN3O4S/c1-6-18-33-31(37)29(7-2)34(20-25-11-13-26(32)14-12-25)30(36)21-35(27-15-10-23(4)24(5)19-27)40(38,39)28-16-8-22(3)9-17-28/h8-17,19,29H,6-7,18,20-21H2,1-5H3,(H,33,37)/t29-/m1/s1. The molecule has 0 saturated carbocycles. The third kappa shape index (κ3) is 7.64. The Balaban J connectivity index is 2.07. The maximum atomic E-state index is 14.1. The van der Waals surface area contributed by atoms with Crippen LogP contribution in [0.25, 0.3) is 0 Å². The zero-order valence-electron chi connectivity index (χ0n) is 23.8. The number of halogens is 1. The lowest BCUT2D eigenvalue weighted by molar-refractivity contribution is -0.140. The fourth-order valence-corrected chi connectivity index (χ4v) is 5.85. The number of rotatable bonds is 12. The summed E-state index contributed by atoms with van der Waals surface area (Å²) in [7, 11) is -4.11. The molecule has 0 saturated heterocycles. The largest absolute Gasteiger partial charge is 0.354 e. The number of carbonyl (C=O) groups is 2. The Morgan fingerprint density at radius 1 is 0.900 bits per heavy atom. The molecule has 9 heteroatoms. The molecule has 3 rings (SSSR count). The van der Waals surface area contributed by atoms with Crippen LogP contribution in [-0.2, 0) is 26.2 Å². The maximum Gasteiger partial charge on any atom is 0.264 e. The fourth-order valence-electron chi connectivity index (χ4n) is 4.32. The van der Waals surface area contributed by atoms with Gasteiger partial charge in [0, 0.05) is 18.1 Å². The number of nitrogens with zero attached hydrogens (tertiary/aromatic N) is 2. The third-order valence-electron chi connectivity index (χ3n) is 6.87. The highest BCUT2D eigenvalue weighted by Gasteiger charge is 2.33. The van der Waals surface area contributed by atoms with Gasteiger partial charge in [-0.15, -0.1) is 0 Å². The van der Waals surface area contributed by atoms with E-state index in [1.165, 1.54) is 4.90 Å². The molecule has 0 fully saturated rings.